The summed E-state index contributed by atoms with van der Waals surface area (Å²) in [6.07, 6.45) is 0.880. The van der Waals surface area contributed by atoms with Crippen molar-refractivity contribution >= 4 is 34.0 Å². The first kappa shape index (κ1) is 18.6. The number of nitrogens with zero attached hydrogens (tertiary/aromatic N) is 2. The van der Waals surface area contributed by atoms with Crippen molar-refractivity contribution in [2.45, 2.75) is 25.0 Å². The van der Waals surface area contributed by atoms with E-state index in [0.717, 1.165) is 34.3 Å². The summed E-state index contributed by atoms with van der Waals surface area (Å²) in [5.74, 6) is 1.59. The third kappa shape index (κ3) is 3.61. The summed E-state index contributed by atoms with van der Waals surface area (Å²) in [7, 11) is 0. The van der Waals surface area contributed by atoms with Crippen LogP contribution in [0.25, 0.3) is 22.6 Å². The number of oxazole rings is 2. The minimum Gasteiger partial charge on any atom is -0.441 e. The number of aryl methyl sites for hydroxylation is 1. The molecule has 2 amide bonds. The maximum atomic E-state index is 11.8. The average Bonchev–Trinajstić information content (AvgIpc) is 3.39. The first-order valence-electron chi connectivity index (χ1n) is 9.47. The molecule has 1 fully saturated rings. The Kier molecular flexibility index (Phi) is 4.63. The molecule has 0 spiro atoms. The predicted octanol–water partition coefficient (Wildman–Crippen LogP) is 4.28. The van der Waals surface area contributed by atoms with Crippen LogP contribution >= 0.6 is 11.8 Å². The zero-order chi connectivity index (χ0) is 20.7. The molecule has 1 saturated heterocycles. The van der Waals surface area contributed by atoms with E-state index in [4.69, 9.17) is 8.83 Å². The van der Waals surface area contributed by atoms with Gasteiger partial charge in [0.15, 0.2) is 5.58 Å². The Morgan fingerprint density at radius 3 is 2.67 bits per heavy atom. The van der Waals surface area contributed by atoms with Gasteiger partial charge < -0.3 is 8.83 Å². The van der Waals surface area contributed by atoms with E-state index in [2.05, 4.69) is 15.3 Å². The topological polar surface area (TPSA) is 98.2 Å². The van der Waals surface area contributed by atoms with Crippen LogP contribution in [0.1, 0.15) is 22.9 Å². The van der Waals surface area contributed by atoms with Gasteiger partial charge in [-0.25, -0.2) is 9.97 Å². The number of benzene rings is 2. The molecule has 7 nitrogen and oxygen atoms in total. The molecule has 0 saturated carbocycles. The molecule has 150 valence electrons. The highest BCUT2D eigenvalue weighted by Gasteiger charge is 2.31. The zero-order valence-corrected chi connectivity index (χ0v) is 16.9. The van der Waals surface area contributed by atoms with Crippen LogP contribution in [-0.4, -0.2) is 26.4 Å². The second-order valence-corrected chi connectivity index (χ2v) is 8.24. The van der Waals surface area contributed by atoms with Gasteiger partial charge in [-0.1, -0.05) is 36.0 Å². The van der Waals surface area contributed by atoms with Crippen LogP contribution in [0.2, 0.25) is 0 Å². The van der Waals surface area contributed by atoms with Gasteiger partial charge in [-0.2, -0.15) is 0 Å². The zero-order valence-electron chi connectivity index (χ0n) is 16.0. The molecule has 5 rings (SSSR count). The molecule has 0 bridgehead atoms. The van der Waals surface area contributed by atoms with Crippen molar-refractivity contribution in [3.05, 3.63) is 71.4 Å². The Morgan fingerprint density at radius 1 is 1.07 bits per heavy atom. The number of carbonyl (C=O) groups is 2. The summed E-state index contributed by atoms with van der Waals surface area (Å²) >= 11 is 1.02. The van der Waals surface area contributed by atoms with E-state index < -0.39 is 5.25 Å². The first-order chi connectivity index (χ1) is 14.5. The lowest BCUT2D eigenvalue weighted by Crippen LogP contribution is -2.25. The third-order valence-corrected chi connectivity index (χ3v) is 5.90. The van der Waals surface area contributed by atoms with Gasteiger partial charge in [0, 0.05) is 5.56 Å². The molecule has 4 aromatic rings. The predicted molar refractivity (Wildman–Crippen MR) is 112 cm³/mol. The fraction of sp³-hybridized carbons (Fsp3) is 0.182. The summed E-state index contributed by atoms with van der Waals surface area (Å²) in [6.45, 7) is 1.88. The van der Waals surface area contributed by atoms with Gasteiger partial charge in [-0.05, 0) is 43.2 Å². The van der Waals surface area contributed by atoms with Gasteiger partial charge in [0.2, 0.25) is 17.7 Å². The normalized spacial score (nSPS) is 16.4. The number of aromatic nitrogens is 2. The number of hydrogen-bond donors (Lipinski definition) is 1. The SMILES string of the molecule is Cc1oc(-c2ccccc2)nc1Cc1nc2cc(CC3SC(=O)NC3=O)ccc2o1. The fourth-order valence-electron chi connectivity index (χ4n) is 3.40. The highest BCUT2D eigenvalue weighted by Crippen LogP contribution is 2.27. The number of carbonyl (C=O) groups excluding carboxylic acids is 2. The number of nitrogens with one attached hydrogen (secondary N) is 1. The van der Waals surface area contributed by atoms with Crippen molar-refractivity contribution in [3.63, 3.8) is 0 Å². The summed E-state index contributed by atoms with van der Waals surface area (Å²) in [6, 6.07) is 15.4. The molecular weight excluding hydrogens is 402 g/mol. The van der Waals surface area contributed by atoms with Crippen LogP contribution < -0.4 is 5.32 Å². The minimum absolute atomic E-state index is 0.248. The second kappa shape index (κ2) is 7.46. The third-order valence-electron chi connectivity index (χ3n) is 4.92. The quantitative estimate of drug-likeness (QED) is 0.516. The number of fused-ring (bicyclic) bond motifs is 1. The van der Waals surface area contributed by atoms with Gasteiger partial charge in [-0.15, -0.1) is 0 Å². The molecule has 30 heavy (non-hydrogen) atoms. The number of imide groups is 1. The van der Waals surface area contributed by atoms with Crippen molar-refractivity contribution in [2.24, 2.45) is 0 Å². The van der Waals surface area contributed by atoms with Gasteiger partial charge in [0.25, 0.3) is 5.24 Å². The molecule has 1 unspecified atom stereocenters. The van der Waals surface area contributed by atoms with Crippen molar-refractivity contribution in [1.82, 2.24) is 15.3 Å². The Morgan fingerprint density at radius 2 is 1.90 bits per heavy atom. The van der Waals surface area contributed by atoms with E-state index >= 15 is 0 Å². The Bertz CT molecular complexity index is 1260. The van der Waals surface area contributed by atoms with E-state index in [0.29, 0.717) is 35.7 Å². The molecule has 2 aromatic carbocycles. The van der Waals surface area contributed by atoms with Gasteiger partial charge in [0.1, 0.15) is 11.3 Å². The summed E-state index contributed by atoms with van der Waals surface area (Å²) in [5, 5.41) is 1.60. The van der Waals surface area contributed by atoms with Crippen LogP contribution in [-0.2, 0) is 17.6 Å². The Hall–Kier alpha value is -3.39. The Labute approximate surface area is 175 Å². The van der Waals surface area contributed by atoms with Crippen LogP contribution in [0.4, 0.5) is 4.79 Å². The molecule has 1 aliphatic rings. The molecule has 8 heteroatoms. The van der Waals surface area contributed by atoms with Crippen LogP contribution in [0.5, 0.6) is 0 Å². The monoisotopic (exact) mass is 419 g/mol. The van der Waals surface area contributed by atoms with E-state index in [-0.39, 0.29) is 11.1 Å². The van der Waals surface area contributed by atoms with E-state index in [1.165, 1.54) is 0 Å². The van der Waals surface area contributed by atoms with E-state index in [1.54, 1.807) is 0 Å². The molecule has 1 atom stereocenters. The second-order valence-electron chi connectivity index (χ2n) is 7.06. The number of amides is 2. The fourth-order valence-corrected chi connectivity index (χ4v) is 4.26. The van der Waals surface area contributed by atoms with Crippen molar-refractivity contribution in [2.75, 3.05) is 0 Å². The smallest absolute Gasteiger partial charge is 0.286 e. The number of thioether (sulfide) groups is 1. The standard InChI is InChI=1S/C22H17N3O4S/c1-12-15(24-21(28-12)14-5-3-2-4-6-14)11-19-23-16-9-13(7-8-17(16)29-19)10-18-20(26)25-22(27)30-18/h2-9,18H,10-11H2,1H3,(H,25,26,27). The highest BCUT2D eigenvalue weighted by atomic mass is 32.2. The molecule has 0 radical (unpaired) electrons. The molecule has 1 aliphatic heterocycles. The largest absolute Gasteiger partial charge is 0.441 e. The molecule has 0 aliphatic carbocycles. The molecule has 3 heterocycles. The lowest BCUT2D eigenvalue weighted by Gasteiger charge is -2.04. The molecule has 1 N–H and O–H groups in total. The van der Waals surface area contributed by atoms with Gasteiger partial charge in [-0.3, -0.25) is 14.9 Å². The van der Waals surface area contributed by atoms with Crippen LogP contribution in [0.15, 0.2) is 57.4 Å². The number of hydrogen-bond acceptors (Lipinski definition) is 7. The lowest BCUT2D eigenvalue weighted by atomic mass is 10.1. The summed E-state index contributed by atoms with van der Waals surface area (Å²) in [4.78, 5) is 32.3. The summed E-state index contributed by atoms with van der Waals surface area (Å²) < 4.78 is 11.7. The highest BCUT2D eigenvalue weighted by molar-refractivity contribution is 8.15. The van der Waals surface area contributed by atoms with Crippen LogP contribution in [0.3, 0.4) is 0 Å². The van der Waals surface area contributed by atoms with Crippen molar-refractivity contribution in [3.8, 4) is 11.5 Å². The minimum atomic E-state index is -0.407. The number of rotatable bonds is 5. The Balaban J connectivity index is 1.36. The molecular formula is C22H17N3O4S. The molecule has 2 aromatic heterocycles. The lowest BCUT2D eigenvalue weighted by molar-refractivity contribution is -0.118. The van der Waals surface area contributed by atoms with Crippen molar-refractivity contribution in [1.29, 1.82) is 0 Å². The summed E-state index contributed by atoms with van der Waals surface area (Å²) in [5.41, 5.74) is 3.99. The van der Waals surface area contributed by atoms with Crippen molar-refractivity contribution < 1.29 is 18.4 Å². The van der Waals surface area contributed by atoms with E-state index in [1.807, 2.05) is 55.5 Å². The first-order valence-corrected chi connectivity index (χ1v) is 10.3. The van der Waals surface area contributed by atoms with Gasteiger partial charge >= 0.3 is 0 Å². The van der Waals surface area contributed by atoms with Gasteiger partial charge in [0.05, 0.1) is 17.4 Å². The average molecular weight is 419 g/mol. The van der Waals surface area contributed by atoms with E-state index in [9.17, 15) is 9.59 Å². The maximum Gasteiger partial charge on any atom is 0.286 e. The van der Waals surface area contributed by atoms with Crippen LogP contribution in [0, 0.1) is 6.92 Å². The maximum absolute atomic E-state index is 11.8.